The lowest BCUT2D eigenvalue weighted by atomic mass is 9.92. The molecule has 0 N–H and O–H groups in total. The average Bonchev–Trinajstić information content (AvgIpc) is 2.79. The lowest BCUT2D eigenvalue weighted by Gasteiger charge is -2.25. The van der Waals surface area contributed by atoms with Crippen molar-refractivity contribution in [2.45, 2.75) is 33.6 Å². The molecule has 0 radical (unpaired) electrons. The van der Waals surface area contributed by atoms with Gasteiger partial charge in [-0.1, -0.05) is 38.4 Å². The summed E-state index contributed by atoms with van der Waals surface area (Å²) in [4.78, 5) is 27.9. The van der Waals surface area contributed by atoms with Crippen LogP contribution in [0.25, 0.3) is 0 Å². The van der Waals surface area contributed by atoms with Crippen molar-refractivity contribution in [2.75, 3.05) is 25.0 Å². The van der Waals surface area contributed by atoms with E-state index in [0.29, 0.717) is 18.0 Å². The summed E-state index contributed by atoms with van der Waals surface area (Å²) in [6.45, 7) is 6.79. The van der Waals surface area contributed by atoms with Gasteiger partial charge in [-0.15, -0.1) is 0 Å². The number of hydrogen-bond donors (Lipinski definition) is 0. The lowest BCUT2D eigenvalue weighted by Crippen LogP contribution is -2.41. The number of amides is 2. The molecule has 1 aliphatic heterocycles. The van der Waals surface area contributed by atoms with E-state index in [1.807, 2.05) is 39.0 Å². The van der Waals surface area contributed by atoms with Crippen molar-refractivity contribution in [1.82, 2.24) is 4.90 Å². The van der Waals surface area contributed by atoms with E-state index in [1.54, 1.807) is 11.9 Å². The van der Waals surface area contributed by atoms with Crippen molar-refractivity contribution in [3.63, 3.8) is 0 Å². The van der Waals surface area contributed by atoms with Gasteiger partial charge in [0.15, 0.2) is 0 Å². The number of halogens is 1. The van der Waals surface area contributed by atoms with Gasteiger partial charge < -0.3 is 9.80 Å². The summed E-state index contributed by atoms with van der Waals surface area (Å²) in [7, 11) is 1.68. The van der Waals surface area contributed by atoms with E-state index >= 15 is 0 Å². The molecule has 5 heteroatoms. The van der Waals surface area contributed by atoms with Gasteiger partial charge in [0.05, 0.1) is 6.54 Å². The molecule has 0 bridgehead atoms. The molecule has 1 aromatic rings. The maximum atomic E-state index is 12.5. The fourth-order valence-electron chi connectivity index (χ4n) is 2.58. The molecule has 0 spiro atoms. The molecule has 1 heterocycles. The Morgan fingerprint density at radius 2 is 2.00 bits per heavy atom. The number of fused-ring (bicyclic) bond motifs is 1. The molecule has 0 atom stereocenters. The Morgan fingerprint density at radius 3 is 2.64 bits per heavy atom. The molecule has 1 aliphatic rings. The van der Waals surface area contributed by atoms with E-state index in [0.717, 1.165) is 17.7 Å². The highest BCUT2D eigenvalue weighted by molar-refractivity contribution is 6.31. The quantitative estimate of drug-likeness (QED) is 0.858. The number of benzene rings is 1. The smallest absolute Gasteiger partial charge is 0.246 e. The number of carbonyl (C=O) groups is 2. The third kappa shape index (κ3) is 4.01. The van der Waals surface area contributed by atoms with Gasteiger partial charge in [-0.3, -0.25) is 9.59 Å². The van der Waals surface area contributed by atoms with E-state index in [-0.39, 0.29) is 23.8 Å². The molecule has 2 rings (SSSR count). The number of carbonyl (C=O) groups excluding carboxylic acids is 2. The number of hydrogen-bond acceptors (Lipinski definition) is 2. The zero-order valence-electron chi connectivity index (χ0n) is 13.6. The second-order valence-corrected chi connectivity index (χ2v) is 7.49. The summed E-state index contributed by atoms with van der Waals surface area (Å²) in [5, 5.41) is 0.621. The van der Waals surface area contributed by atoms with E-state index < -0.39 is 0 Å². The van der Waals surface area contributed by atoms with Gasteiger partial charge in [-0.25, -0.2) is 0 Å². The second kappa shape index (κ2) is 6.29. The fraction of sp³-hybridized carbons (Fsp3) is 0.529. The monoisotopic (exact) mass is 322 g/mol. The Balaban J connectivity index is 2.02. The van der Waals surface area contributed by atoms with Crippen molar-refractivity contribution in [1.29, 1.82) is 0 Å². The molecule has 0 saturated carbocycles. The van der Waals surface area contributed by atoms with E-state index in [1.165, 1.54) is 4.90 Å². The minimum Gasteiger partial charge on any atom is -0.336 e. The highest BCUT2D eigenvalue weighted by Crippen LogP contribution is 2.30. The van der Waals surface area contributed by atoms with Crippen LogP contribution in [-0.4, -0.2) is 36.9 Å². The predicted molar refractivity (Wildman–Crippen MR) is 89.2 cm³/mol. The van der Waals surface area contributed by atoms with Gasteiger partial charge >= 0.3 is 0 Å². The molecule has 2 amide bonds. The van der Waals surface area contributed by atoms with Gasteiger partial charge in [-0.2, -0.15) is 0 Å². The maximum absolute atomic E-state index is 12.5. The molecule has 120 valence electrons. The van der Waals surface area contributed by atoms with E-state index in [4.69, 9.17) is 11.6 Å². The van der Waals surface area contributed by atoms with Crippen LogP contribution in [0.4, 0.5) is 5.69 Å². The third-order valence-corrected chi connectivity index (χ3v) is 3.96. The van der Waals surface area contributed by atoms with Crippen molar-refractivity contribution in [3.8, 4) is 0 Å². The molecule has 0 fully saturated rings. The van der Waals surface area contributed by atoms with Crippen LogP contribution >= 0.6 is 11.6 Å². The van der Waals surface area contributed by atoms with Gasteiger partial charge in [0.2, 0.25) is 11.8 Å². The first-order chi connectivity index (χ1) is 10.2. The van der Waals surface area contributed by atoms with Crippen LogP contribution in [-0.2, 0) is 16.0 Å². The molecular weight excluding hydrogens is 300 g/mol. The first kappa shape index (κ1) is 16.8. The van der Waals surface area contributed by atoms with Crippen LogP contribution in [0, 0.1) is 5.41 Å². The number of likely N-dealkylation sites (N-methyl/N-ethyl adjacent to an activating group) is 1. The van der Waals surface area contributed by atoms with Crippen LogP contribution in [0.1, 0.15) is 32.8 Å². The summed E-state index contributed by atoms with van der Waals surface area (Å²) < 4.78 is 0. The molecular formula is C17H23ClN2O2. The third-order valence-electron chi connectivity index (χ3n) is 3.72. The van der Waals surface area contributed by atoms with Crippen molar-refractivity contribution >= 4 is 29.1 Å². The molecule has 4 nitrogen and oxygen atoms in total. The van der Waals surface area contributed by atoms with Crippen LogP contribution in [0.2, 0.25) is 5.02 Å². The summed E-state index contributed by atoms with van der Waals surface area (Å²) in [6, 6.07) is 5.62. The second-order valence-electron chi connectivity index (χ2n) is 7.06. The normalized spacial score (nSPS) is 14.0. The molecule has 1 aromatic carbocycles. The number of rotatable bonds is 3. The van der Waals surface area contributed by atoms with Gasteiger partial charge in [0.1, 0.15) is 0 Å². The van der Waals surface area contributed by atoms with Crippen LogP contribution in [0.15, 0.2) is 18.2 Å². The Morgan fingerprint density at radius 1 is 1.32 bits per heavy atom. The Labute approximate surface area is 137 Å². The minimum absolute atomic E-state index is 0.00800. The minimum atomic E-state index is -0.0812. The average molecular weight is 323 g/mol. The maximum Gasteiger partial charge on any atom is 0.246 e. The Kier molecular flexibility index (Phi) is 4.81. The summed E-state index contributed by atoms with van der Waals surface area (Å²) >= 11 is 6.02. The van der Waals surface area contributed by atoms with E-state index in [9.17, 15) is 9.59 Å². The summed E-state index contributed by atoms with van der Waals surface area (Å²) in [5.74, 6) is -0.0721. The zero-order valence-corrected chi connectivity index (χ0v) is 14.4. The SMILES string of the molecule is CN(CC(=O)N1CCc2ccc(Cl)cc21)C(=O)CC(C)(C)C. The summed E-state index contributed by atoms with van der Waals surface area (Å²) in [6.07, 6.45) is 1.26. The predicted octanol–water partition coefficient (Wildman–Crippen LogP) is 3.12. The molecule has 0 aromatic heterocycles. The van der Waals surface area contributed by atoms with Crippen LogP contribution < -0.4 is 4.90 Å². The molecule has 0 aliphatic carbocycles. The van der Waals surface area contributed by atoms with Gasteiger partial charge in [0, 0.05) is 30.7 Å². The molecule has 0 saturated heterocycles. The van der Waals surface area contributed by atoms with Gasteiger partial charge in [0.25, 0.3) is 0 Å². The van der Waals surface area contributed by atoms with Crippen molar-refractivity contribution < 1.29 is 9.59 Å². The Bertz CT molecular complexity index is 593. The first-order valence-corrected chi connectivity index (χ1v) is 7.88. The largest absolute Gasteiger partial charge is 0.336 e. The number of nitrogens with zero attached hydrogens (tertiary/aromatic N) is 2. The molecule has 22 heavy (non-hydrogen) atoms. The summed E-state index contributed by atoms with van der Waals surface area (Å²) in [5.41, 5.74) is 1.91. The topological polar surface area (TPSA) is 40.6 Å². The number of anilines is 1. The Hall–Kier alpha value is -1.55. The first-order valence-electron chi connectivity index (χ1n) is 7.50. The highest BCUT2D eigenvalue weighted by Gasteiger charge is 2.27. The fourth-order valence-corrected chi connectivity index (χ4v) is 2.74. The molecule has 0 unspecified atom stereocenters. The lowest BCUT2D eigenvalue weighted by molar-refractivity contribution is -0.135. The van der Waals surface area contributed by atoms with Crippen LogP contribution in [0.5, 0.6) is 0 Å². The standard InChI is InChI=1S/C17H23ClN2O2/c1-17(2,3)10-15(21)19(4)11-16(22)20-8-7-12-5-6-13(18)9-14(12)20/h5-6,9H,7-8,10-11H2,1-4H3. The van der Waals surface area contributed by atoms with E-state index in [2.05, 4.69) is 0 Å². The zero-order chi connectivity index (χ0) is 16.5. The highest BCUT2D eigenvalue weighted by atomic mass is 35.5. The van der Waals surface area contributed by atoms with Crippen LogP contribution in [0.3, 0.4) is 0 Å². The van der Waals surface area contributed by atoms with Gasteiger partial charge in [-0.05, 0) is 29.5 Å². The van der Waals surface area contributed by atoms with Crippen molar-refractivity contribution in [2.24, 2.45) is 5.41 Å². The van der Waals surface area contributed by atoms with Crippen molar-refractivity contribution in [3.05, 3.63) is 28.8 Å².